The third kappa shape index (κ3) is 2.01. The van der Waals surface area contributed by atoms with Crippen molar-refractivity contribution in [3.05, 3.63) is 59.6 Å². The summed E-state index contributed by atoms with van der Waals surface area (Å²) in [5, 5.41) is 17.3. The van der Waals surface area contributed by atoms with Gasteiger partial charge in [0.15, 0.2) is 5.49 Å². The highest BCUT2D eigenvalue weighted by atomic mass is 15.4. The highest BCUT2D eigenvalue weighted by Crippen LogP contribution is 2.09. The van der Waals surface area contributed by atoms with Gasteiger partial charge in [0.2, 0.25) is 0 Å². The molecule has 1 aromatic heterocycles. The number of hydrogen-bond donors (Lipinski definition) is 1. The number of hydrogen-bond acceptors (Lipinski definition) is 3. The molecule has 0 saturated carbocycles. The van der Waals surface area contributed by atoms with Gasteiger partial charge in [0, 0.05) is 5.39 Å². The summed E-state index contributed by atoms with van der Waals surface area (Å²) in [5.74, 6) is 0. The van der Waals surface area contributed by atoms with Crippen molar-refractivity contribution >= 4 is 10.9 Å². The molecular weight excluding hydrogens is 236 g/mol. The fraction of sp³-hybridized carbons (Fsp3) is 0.133. The minimum atomic E-state index is 0.356. The Bertz CT molecular complexity index is 772. The Morgan fingerprint density at radius 2 is 1.79 bits per heavy atom. The number of nitrogens with one attached hydrogen (secondary N) is 1. The van der Waals surface area contributed by atoms with Gasteiger partial charge in [-0.15, -0.1) is 5.10 Å². The first-order valence-electron chi connectivity index (χ1n) is 6.28. The molecule has 0 radical (unpaired) electrons. The lowest BCUT2D eigenvalue weighted by Gasteiger charge is -2.07. The first-order chi connectivity index (χ1) is 9.29. The number of fused-ring (bicyclic) bond motifs is 1. The van der Waals surface area contributed by atoms with E-state index in [9.17, 15) is 0 Å². The quantitative estimate of drug-likeness (QED) is 0.759. The standard InChI is InChI=1S/C15H14N4/c1-2-11-7-9-12(10-8-11)19-15(16)13-5-3-4-6-14(13)17-18-19/h3-10,16H,2H2,1H3. The molecule has 1 heterocycles. The fourth-order valence-corrected chi connectivity index (χ4v) is 2.07. The van der Waals surface area contributed by atoms with E-state index in [0.717, 1.165) is 23.0 Å². The number of aromatic nitrogens is 3. The van der Waals surface area contributed by atoms with Crippen LogP contribution >= 0.6 is 0 Å². The van der Waals surface area contributed by atoms with E-state index in [2.05, 4.69) is 29.4 Å². The molecule has 0 aliphatic heterocycles. The van der Waals surface area contributed by atoms with Crippen molar-refractivity contribution in [2.75, 3.05) is 0 Å². The molecule has 94 valence electrons. The lowest BCUT2D eigenvalue weighted by molar-refractivity contribution is 0.715. The van der Waals surface area contributed by atoms with Crippen LogP contribution in [0.3, 0.4) is 0 Å². The lowest BCUT2D eigenvalue weighted by Crippen LogP contribution is -2.22. The summed E-state index contributed by atoms with van der Waals surface area (Å²) in [6, 6.07) is 15.6. The minimum Gasteiger partial charge on any atom is -0.282 e. The topological polar surface area (TPSA) is 54.6 Å². The Morgan fingerprint density at radius 1 is 1.05 bits per heavy atom. The molecule has 0 aliphatic carbocycles. The molecule has 2 aromatic carbocycles. The van der Waals surface area contributed by atoms with E-state index in [1.165, 1.54) is 5.56 Å². The Labute approximate surface area is 110 Å². The summed E-state index contributed by atoms with van der Waals surface area (Å²) >= 11 is 0. The summed E-state index contributed by atoms with van der Waals surface area (Å²) in [5.41, 5.74) is 3.23. The summed E-state index contributed by atoms with van der Waals surface area (Å²) in [6.07, 6.45) is 1.00. The molecule has 0 unspecified atom stereocenters. The summed E-state index contributed by atoms with van der Waals surface area (Å²) in [4.78, 5) is 0. The van der Waals surface area contributed by atoms with Crippen molar-refractivity contribution in [1.29, 1.82) is 5.41 Å². The molecule has 0 atom stereocenters. The molecule has 4 heteroatoms. The van der Waals surface area contributed by atoms with Gasteiger partial charge in [0.05, 0.1) is 11.2 Å². The monoisotopic (exact) mass is 250 g/mol. The van der Waals surface area contributed by atoms with Crippen LogP contribution in [-0.4, -0.2) is 15.0 Å². The van der Waals surface area contributed by atoms with Crippen molar-refractivity contribution in [2.24, 2.45) is 0 Å². The van der Waals surface area contributed by atoms with Crippen LogP contribution in [0.2, 0.25) is 0 Å². The van der Waals surface area contributed by atoms with Crippen LogP contribution in [-0.2, 0) is 6.42 Å². The van der Waals surface area contributed by atoms with Crippen LogP contribution in [0.15, 0.2) is 48.5 Å². The molecule has 3 rings (SSSR count). The van der Waals surface area contributed by atoms with Gasteiger partial charge in [-0.1, -0.05) is 36.4 Å². The van der Waals surface area contributed by atoms with Crippen LogP contribution in [0.4, 0.5) is 0 Å². The summed E-state index contributed by atoms with van der Waals surface area (Å²) < 4.78 is 1.56. The van der Waals surface area contributed by atoms with Crippen molar-refractivity contribution in [1.82, 2.24) is 15.0 Å². The second kappa shape index (κ2) is 4.65. The van der Waals surface area contributed by atoms with Gasteiger partial charge in [-0.25, -0.2) is 0 Å². The zero-order valence-electron chi connectivity index (χ0n) is 10.7. The third-order valence-corrected chi connectivity index (χ3v) is 3.20. The predicted octanol–water partition coefficient (Wildman–Crippen LogP) is 2.46. The van der Waals surface area contributed by atoms with E-state index >= 15 is 0 Å². The molecule has 0 amide bonds. The van der Waals surface area contributed by atoms with Crippen LogP contribution in [0, 0.1) is 5.41 Å². The van der Waals surface area contributed by atoms with E-state index in [-0.39, 0.29) is 0 Å². The van der Waals surface area contributed by atoms with Gasteiger partial charge in [0.25, 0.3) is 0 Å². The van der Waals surface area contributed by atoms with Gasteiger partial charge >= 0.3 is 0 Å². The maximum Gasteiger partial charge on any atom is 0.157 e. The first kappa shape index (κ1) is 11.6. The molecule has 0 bridgehead atoms. The second-order valence-corrected chi connectivity index (χ2v) is 4.39. The zero-order chi connectivity index (χ0) is 13.2. The molecule has 19 heavy (non-hydrogen) atoms. The van der Waals surface area contributed by atoms with Gasteiger partial charge in [-0.05, 0) is 36.2 Å². The van der Waals surface area contributed by atoms with Gasteiger partial charge in [0.1, 0.15) is 0 Å². The third-order valence-electron chi connectivity index (χ3n) is 3.20. The van der Waals surface area contributed by atoms with Crippen LogP contribution in [0.25, 0.3) is 16.6 Å². The van der Waals surface area contributed by atoms with Crippen molar-refractivity contribution in [2.45, 2.75) is 13.3 Å². The van der Waals surface area contributed by atoms with E-state index in [0.29, 0.717) is 5.49 Å². The highest BCUT2D eigenvalue weighted by molar-refractivity contribution is 5.76. The molecule has 3 aromatic rings. The lowest BCUT2D eigenvalue weighted by atomic mass is 10.1. The van der Waals surface area contributed by atoms with Crippen LogP contribution in [0.1, 0.15) is 12.5 Å². The smallest absolute Gasteiger partial charge is 0.157 e. The molecule has 1 N–H and O–H groups in total. The number of benzene rings is 2. The van der Waals surface area contributed by atoms with E-state index in [1.807, 2.05) is 36.4 Å². The number of aryl methyl sites for hydroxylation is 1. The van der Waals surface area contributed by atoms with Crippen molar-refractivity contribution in [3.63, 3.8) is 0 Å². The molecule has 0 spiro atoms. The predicted molar refractivity (Wildman–Crippen MR) is 74.1 cm³/mol. The maximum atomic E-state index is 8.24. The summed E-state index contributed by atoms with van der Waals surface area (Å²) in [7, 11) is 0. The Morgan fingerprint density at radius 3 is 2.53 bits per heavy atom. The first-order valence-corrected chi connectivity index (χ1v) is 6.28. The minimum absolute atomic E-state index is 0.356. The molecule has 0 saturated heterocycles. The number of nitrogens with zero attached hydrogens (tertiary/aromatic N) is 3. The second-order valence-electron chi connectivity index (χ2n) is 4.39. The Kier molecular flexibility index (Phi) is 2.83. The van der Waals surface area contributed by atoms with E-state index in [1.54, 1.807) is 4.68 Å². The molecule has 0 fully saturated rings. The fourth-order valence-electron chi connectivity index (χ4n) is 2.07. The average molecular weight is 250 g/mol. The Hall–Kier alpha value is -2.49. The molecule has 4 nitrogen and oxygen atoms in total. The van der Waals surface area contributed by atoms with Crippen molar-refractivity contribution in [3.8, 4) is 5.69 Å². The number of rotatable bonds is 2. The SMILES string of the molecule is CCc1ccc(-n2nnc3ccccc3c2=N)cc1. The largest absolute Gasteiger partial charge is 0.282 e. The molecule has 0 aliphatic rings. The van der Waals surface area contributed by atoms with Gasteiger partial charge in [-0.3, -0.25) is 5.41 Å². The zero-order valence-corrected chi connectivity index (χ0v) is 10.7. The normalized spacial score (nSPS) is 10.8. The van der Waals surface area contributed by atoms with Crippen LogP contribution in [0.5, 0.6) is 0 Å². The van der Waals surface area contributed by atoms with E-state index in [4.69, 9.17) is 5.41 Å². The van der Waals surface area contributed by atoms with Gasteiger partial charge in [-0.2, -0.15) is 4.68 Å². The van der Waals surface area contributed by atoms with Gasteiger partial charge < -0.3 is 0 Å². The maximum absolute atomic E-state index is 8.24. The van der Waals surface area contributed by atoms with E-state index < -0.39 is 0 Å². The molecular formula is C15H14N4. The Balaban J connectivity index is 2.19. The summed E-state index contributed by atoms with van der Waals surface area (Å²) in [6.45, 7) is 2.12. The van der Waals surface area contributed by atoms with Crippen molar-refractivity contribution < 1.29 is 0 Å². The van der Waals surface area contributed by atoms with Crippen LogP contribution < -0.4 is 5.49 Å². The highest BCUT2D eigenvalue weighted by Gasteiger charge is 2.03. The average Bonchev–Trinajstić information content (AvgIpc) is 2.48.